The van der Waals surface area contributed by atoms with E-state index in [4.69, 9.17) is 9.72 Å². The summed E-state index contributed by atoms with van der Waals surface area (Å²) in [6.45, 7) is 4.70. The summed E-state index contributed by atoms with van der Waals surface area (Å²) in [5.74, 6) is 1.27. The Morgan fingerprint density at radius 1 is 0.943 bits per heavy atom. The van der Waals surface area contributed by atoms with Crippen molar-refractivity contribution in [3.05, 3.63) is 72.6 Å². The molecule has 176 valence electrons. The van der Waals surface area contributed by atoms with Gasteiger partial charge < -0.3 is 19.7 Å². The predicted octanol–water partition coefficient (Wildman–Crippen LogP) is 4.21. The van der Waals surface area contributed by atoms with Crippen LogP contribution in [0.3, 0.4) is 0 Å². The number of nitrogens with one attached hydrogen (secondary N) is 1. The van der Waals surface area contributed by atoms with Crippen LogP contribution in [0.4, 0.5) is 5.69 Å². The number of methoxy groups -OCH3 is 1. The topological polar surface area (TPSA) is 90.4 Å². The SMILES string of the molecule is COc1ccc(-c2nc3c(N4CCN(Cc5ccc6nccnc6c5)CC4)cccc3[nH]2)cc1O. The van der Waals surface area contributed by atoms with Crippen molar-refractivity contribution >= 4 is 27.8 Å². The van der Waals surface area contributed by atoms with E-state index in [9.17, 15) is 5.11 Å². The molecule has 0 bridgehead atoms. The van der Waals surface area contributed by atoms with Crippen molar-refractivity contribution in [2.24, 2.45) is 0 Å². The Bertz CT molecular complexity index is 1510. The normalized spacial score (nSPS) is 14.6. The lowest BCUT2D eigenvalue weighted by atomic mass is 10.1. The van der Waals surface area contributed by atoms with Crippen LogP contribution in [0.2, 0.25) is 0 Å². The second-order valence-electron chi connectivity index (χ2n) is 8.79. The van der Waals surface area contributed by atoms with Crippen LogP contribution < -0.4 is 9.64 Å². The number of phenolic OH excluding ortho intramolecular Hbond substituents is 1. The summed E-state index contributed by atoms with van der Waals surface area (Å²) in [6.07, 6.45) is 3.47. The van der Waals surface area contributed by atoms with E-state index in [1.54, 1.807) is 31.6 Å². The largest absolute Gasteiger partial charge is 0.504 e. The van der Waals surface area contributed by atoms with Crippen molar-refractivity contribution in [2.45, 2.75) is 6.54 Å². The first-order valence-corrected chi connectivity index (χ1v) is 11.7. The van der Waals surface area contributed by atoms with E-state index in [1.165, 1.54) is 5.56 Å². The van der Waals surface area contributed by atoms with Gasteiger partial charge in [0, 0.05) is 50.7 Å². The van der Waals surface area contributed by atoms with Gasteiger partial charge in [-0.2, -0.15) is 0 Å². The molecule has 8 heteroatoms. The maximum atomic E-state index is 10.2. The van der Waals surface area contributed by atoms with Gasteiger partial charge in [-0.15, -0.1) is 0 Å². The molecule has 1 fully saturated rings. The van der Waals surface area contributed by atoms with Crippen molar-refractivity contribution in [3.8, 4) is 22.9 Å². The molecule has 1 aliphatic heterocycles. The number of phenols is 1. The lowest BCUT2D eigenvalue weighted by Crippen LogP contribution is -2.46. The van der Waals surface area contributed by atoms with E-state index in [2.05, 4.69) is 49.0 Å². The summed E-state index contributed by atoms with van der Waals surface area (Å²) in [4.78, 5) is 22.0. The fourth-order valence-electron chi connectivity index (χ4n) is 4.76. The predicted molar refractivity (Wildman–Crippen MR) is 137 cm³/mol. The third kappa shape index (κ3) is 4.13. The minimum Gasteiger partial charge on any atom is -0.504 e. The number of imidazole rings is 1. The summed E-state index contributed by atoms with van der Waals surface area (Å²) in [5.41, 5.74) is 6.99. The zero-order valence-electron chi connectivity index (χ0n) is 19.5. The van der Waals surface area contributed by atoms with E-state index in [1.807, 2.05) is 18.2 Å². The lowest BCUT2D eigenvalue weighted by molar-refractivity contribution is 0.250. The van der Waals surface area contributed by atoms with Gasteiger partial charge in [0.15, 0.2) is 11.5 Å². The third-order valence-corrected chi connectivity index (χ3v) is 6.60. The Kier molecular flexibility index (Phi) is 5.42. The number of aromatic amines is 1. The van der Waals surface area contributed by atoms with Crippen LogP contribution >= 0.6 is 0 Å². The fourth-order valence-corrected chi connectivity index (χ4v) is 4.76. The minimum absolute atomic E-state index is 0.0975. The molecule has 2 aromatic heterocycles. The maximum absolute atomic E-state index is 10.2. The highest BCUT2D eigenvalue weighted by molar-refractivity contribution is 5.91. The Labute approximate surface area is 202 Å². The number of piperazine rings is 1. The molecule has 1 aliphatic rings. The van der Waals surface area contributed by atoms with Crippen LogP contribution in [-0.2, 0) is 6.54 Å². The molecular formula is C27H26N6O2. The molecule has 0 radical (unpaired) electrons. The van der Waals surface area contributed by atoms with E-state index >= 15 is 0 Å². The molecule has 1 saturated heterocycles. The Morgan fingerprint density at radius 2 is 1.77 bits per heavy atom. The maximum Gasteiger partial charge on any atom is 0.160 e. The summed E-state index contributed by atoms with van der Waals surface area (Å²) < 4.78 is 5.16. The Hall–Kier alpha value is -4.17. The molecule has 3 aromatic carbocycles. The Balaban J connectivity index is 1.19. The average molecular weight is 467 g/mol. The lowest BCUT2D eigenvalue weighted by Gasteiger charge is -2.36. The van der Waals surface area contributed by atoms with E-state index in [-0.39, 0.29) is 5.75 Å². The number of nitrogens with zero attached hydrogens (tertiary/aromatic N) is 5. The molecule has 2 N–H and O–H groups in total. The second-order valence-corrected chi connectivity index (χ2v) is 8.79. The third-order valence-electron chi connectivity index (χ3n) is 6.60. The second kappa shape index (κ2) is 8.88. The number of hydrogen-bond donors (Lipinski definition) is 2. The number of fused-ring (bicyclic) bond motifs is 2. The van der Waals surface area contributed by atoms with Crippen molar-refractivity contribution in [3.63, 3.8) is 0 Å². The van der Waals surface area contributed by atoms with Crippen molar-refractivity contribution in [1.29, 1.82) is 0 Å². The molecular weight excluding hydrogens is 440 g/mol. The number of ether oxygens (including phenoxy) is 1. The minimum atomic E-state index is 0.0975. The smallest absolute Gasteiger partial charge is 0.160 e. The van der Waals surface area contributed by atoms with Gasteiger partial charge in [0.2, 0.25) is 0 Å². The molecule has 5 aromatic rings. The van der Waals surface area contributed by atoms with Gasteiger partial charge in [-0.05, 0) is 48.0 Å². The van der Waals surface area contributed by atoms with Crippen LogP contribution in [0, 0.1) is 0 Å². The standard InChI is InChI=1S/C27H26N6O2/c1-35-25-8-6-19(16-24(25)34)27-30-21-3-2-4-23(26(21)31-27)33-13-11-32(12-14-33)17-18-5-7-20-22(15-18)29-10-9-28-20/h2-10,15-16,34H,11-14,17H2,1H3,(H,30,31). The van der Waals surface area contributed by atoms with Gasteiger partial charge in [0.25, 0.3) is 0 Å². The quantitative estimate of drug-likeness (QED) is 0.401. The van der Waals surface area contributed by atoms with Crippen LogP contribution in [0.1, 0.15) is 5.56 Å². The average Bonchev–Trinajstić information content (AvgIpc) is 3.34. The van der Waals surface area contributed by atoms with Crippen molar-refractivity contribution in [2.75, 3.05) is 38.2 Å². The highest BCUT2D eigenvalue weighted by atomic mass is 16.5. The molecule has 8 nitrogen and oxygen atoms in total. The summed E-state index contributed by atoms with van der Waals surface area (Å²) in [7, 11) is 1.54. The summed E-state index contributed by atoms with van der Waals surface area (Å²) >= 11 is 0. The molecule has 0 atom stereocenters. The summed E-state index contributed by atoms with van der Waals surface area (Å²) in [5, 5.41) is 10.2. The zero-order valence-corrected chi connectivity index (χ0v) is 19.5. The first-order valence-electron chi connectivity index (χ1n) is 11.7. The molecule has 0 saturated carbocycles. The van der Waals surface area contributed by atoms with E-state index in [0.29, 0.717) is 5.75 Å². The van der Waals surface area contributed by atoms with Gasteiger partial charge in [-0.25, -0.2) is 4.98 Å². The number of H-pyrrole nitrogens is 1. The highest BCUT2D eigenvalue weighted by Gasteiger charge is 2.21. The molecule has 0 amide bonds. The van der Waals surface area contributed by atoms with Gasteiger partial charge in [0.1, 0.15) is 11.3 Å². The van der Waals surface area contributed by atoms with Crippen molar-refractivity contribution in [1.82, 2.24) is 24.8 Å². The van der Waals surface area contributed by atoms with Crippen LogP contribution in [-0.4, -0.2) is 63.2 Å². The number of benzene rings is 3. The number of anilines is 1. The van der Waals surface area contributed by atoms with Gasteiger partial charge in [-0.3, -0.25) is 14.9 Å². The van der Waals surface area contributed by atoms with Crippen molar-refractivity contribution < 1.29 is 9.84 Å². The molecule has 0 unspecified atom stereocenters. The zero-order chi connectivity index (χ0) is 23.8. The van der Waals surface area contributed by atoms with E-state index in [0.717, 1.165) is 71.9 Å². The summed E-state index contributed by atoms with van der Waals surface area (Å²) in [6, 6.07) is 17.9. The number of para-hydroxylation sites is 1. The van der Waals surface area contributed by atoms with Crippen LogP contribution in [0.25, 0.3) is 33.5 Å². The molecule has 6 rings (SSSR count). The first-order chi connectivity index (χ1) is 17.2. The fraction of sp³-hybridized carbons (Fsp3) is 0.222. The van der Waals surface area contributed by atoms with E-state index < -0.39 is 0 Å². The van der Waals surface area contributed by atoms with Crippen LogP contribution in [0.15, 0.2) is 67.0 Å². The number of aromatic hydroxyl groups is 1. The van der Waals surface area contributed by atoms with Gasteiger partial charge in [0.05, 0.1) is 29.3 Å². The molecule has 3 heterocycles. The van der Waals surface area contributed by atoms with Crippen LogP contribution in [0.5, 0.6) is 11.5 Å². The monoisotopic (exact) mass is 466 g/mol. The number of rotatable bonds is 5. The molecule has 35 heavy (non-hydrogen) atoms. The number of hydrogen-bond acceptors (Lipinski definition) is 7. The molecule has 0 spiro atoms. The number of aromatic nitrogens is 4. The highest BCUT2D eigenvalue weighted by Crippen LogP contribution is 2.33. The molecule has 0 aliphatic carbocycles. The first kappa shape index (κ1) is 21.4. The van der Waals surface area contributed by atoms with Gasteiger partial charge in [-0.1, -0.05) is 12.1 Å². The van der Waals surface area contributed by atoms with Gasteiger partial charge >= 0.3 is 0 Å². The Morgan fingerprint density at radius 3 is 2.57 bits per heavy atom.